The quantitative estimate of drug-likeness (QED) is 0.0450. The first-order valence-corrected chi connectivity index (χ1v) is 25.1. The van der Waals surface area contributed by atoms with E-state index in [0.717, 1.165) is 0 Å². The number of nitrogens with zero attached hydrogens (tertiary/aromatic N) is 10. The first-order valence-electron chi connectivity index (χ1n) is 21.1. The van der Waals surface area contributed by atoms with Gasteiger partial charge in [0.2, 0.25) is 11.8 Å². The molecule has 0 spiro atoms. The molecule has 2 radical (unpaired) electrons. The molecular formula is C40H44BCl3F6N12O9S2U. The SMILES string of the molecule is Cc1nn(C)cc1S(=O)(=O)Cl.Cc1nn(C)cc1S(=O)(=O)NC(=O)c1ccc(-n2ccc(OCC3(C(F)(F)F)CCC3)n2)nc1Cl.N.O=C(O)c1ccc(-n2ccc(OCC3(C(F)(F)F)CCC3)n2)nc1Cl.[2H][B].[U]. The van der Waals surface area contributed by atoms with Crippen LogP contribution in [-0.4, -0.2) is 118 Å². The molecule has 6 heterocycles. The number of hydrogen-bond donors (Lipinski definition) is 3. The van der Waals surface area contributed by atoms with Gasteiger partial charge < -0.3 is 20.7 Å². The fourth-order valence-corrected chi connectivity index (χ4v) is 9.78. The average Bonchev–Trinajstić information content (AvgIpc) is 4.07. The fourth-order valence-electron chi connectivity index (χ4n) is 7.00. The number of alkyl halides is 6. The molecule has 21 nitrogen and oxygen atoms in total. The number of carboxylic acid groups (broad SMARTS) is 1. The molecule has 0 aliphatic heterocycles. The van der Waals surface area contributed by atoms with Crippen LogP contribution in [0.1, 0.15) is 70.6 Å². The third-order valence-electron chi connectivity index (χ3n) is 11.3. The summed E-state index contributed by atoms with van der Waals surface area (Å²) in [6, 6.07) is 8.03. The monoisotopic (exact) mass is 1370 g/mol. The van der Waals surface area contributed by atoms with Gasteiger partial charge in [0.1, 0.15) is 44.1 Å². The minimum atomic E-state index is -4.36. The number of pyridine rings is 2. The third-order valence-corrected chi connectivity index (χ3v) is 14.7. The first-order chi connectivity index (χ1) is 33.9. The van der Waals surface area contributed by atoms with Crippen LogP contribution in [0.4, 0.5) is 26.3 Å². The Hall–Kier alpha value is -4.89. The van der Waals surface area contributed by atoms with Crippen molar-refractivity contribution in [1.29, 1.82) is 1.34 Å². The molecule has 0 bridgehead atoms. The number of hydrogen-bond acceptors (Lipinski definition) is 15. The van der Waals surface area contributed by atoms with Gasteiger partial charge in [0, 0.05) is 101 Å². The van der Waals surface area contributed by atoms with Crippen LogP contribution >= 0.6 is 33.9 Å². The molecule has 5 N–H and O–H groups in total. The summed E-state index contributed by atoms with van der Waals surface area (Å²) in [5.41, 5.74) is -3.40. The normalized spacial score (nSPS) is 14.7. The van der Waals surface area contributed by atoms with Crippen molar-refractivity contribution in [3.63, 3.8) is 0 Å². The molecule has 8 rings (SSSR count). The standard InChI is InChI=1S/C20H20ClF3N6O4S.C15H13ClF3N3O3.C5H7ClN2O2S.BH.H3N.U/c1-12-14(10-29(2)26-12)35(32,33)28-18(31)13-4-5-15(25-17(13)21)30-9-6-16(27-30)34-11-19(7-3-8-19)20(22,23)24;16-12-9(13(23)24)2-3-10(20-12)22-7-4-11(21-22)25-8-14(5-1-6-14)15(17,18)19;1-4-5(11(6,9)10)3-8(2)7-4;;;/h4-6,9-10H,3,7-8,11H2,1-2H3,(H,28,31);2-4,7H,1,5-6,8H2,(H,23,24);3H,1-2H3;1H;1H3;/i;;;1D;;. The zero-order chi connectivity index (χ0) is 54.5. The molecule has 2 aliphatic carbocycles. The second kappa shape index (κ2) is 24.4. The van der Waals surface area contributed by atoms with Crippen molar-refractivity contribution >= 4 is 73.2 Å². The van der Waals surface area contributed by atoms with Gasteiger partial charge in [-0.25, -0.2) is 45.7 Å². The first kappa shape index (κ1) is 61.7. The maximum absolute atomic E-state index is 13.3. The van der Waals surface area contributed by atoms with Crippen molar-refractivity contribution in [2.24, 2.45) is 24.9 Å². The van der Waals surface area contributed by atoms with E-state index in [1.165, 1.54) is 86.8 Å². The van der Waals surface area contributed by atoms with Gasteiger partial charge in [-0.05, 0) is 65.1 Å². The maximum Gasteiger partial charge on any atom is 0.397 e. The molecule has 6 aromatic rings. The molecule has 400 valence electrons. The molecule has 2 fully saturated rings. The van der Waals surface area contributed by atoms with Crippen LogP contribution < -0.4 is 20.3 Å². The number of amides is 1. The van der Waals surface area contributed by atoms with E-state index >= 15 is 0 Å². The van der Waals surface area contributed by atoms with Crippen LogP contribution in [0.25, 0.3) is 11.6 Å². The number of rotatable bonds is 13. The summed E-state index contributed by atoms with van der Waals surface area (Å²) in [5, 5.41) is 24.2. The van der Waals surface area contributed by atoms with Crippen LogP contribution in [0, 0.1) is 55.8 Å². The number of carbonyl (C=O) groups excluding carboxylic acids is 1. The van der Waals surface area contributed by atoms with Crippen molar-refractivity contribution in [3.05, 3.63) is 94.0 Å². The van der Waals surface area contributed by atoms with Gasteiger partial charge in [-0.15, -0.1) is 10.2 Å². The number of carboxylic acids is 1. The molecular weight excluding hydrogens is 1330 g/mol. The predicted octanol–water partition coefficient (Wildman–Crippen LogP) is 7.09. The van der Waals surface area contributed by atoms with Crippen LogP contribution in [0.15, 0.2) is 71.0 Å². The zero-order valence-electron chi connectivity index (χ0n) is 40.1. The van der Waals surface area contributed by atoms with E-state index in [-0.39, 0.29) is 123 Å². The molecule has 2 saturated carbocycles. The van der Waals surface area contributed by atoms with E-state index in [4.69, 9.17) is 49.8 Å². The minimum Gasteiger partial charge on any atom is -0.478 e. The molecule has 6 aromatic heterocycles. The zero-order valence-corrected chi connectivity index (χ0v) is 47.2. The molecule has 0 saturated heterocycles. The van der Waals surface area contributed by atoms with Crippen molar-refractivity contribution in [3.8, 4) is 23.4 Å². The van der Waals surface area contributed by atoms with Crippen molar-refractivity contribution in [2.75, 3.05) is 13.2 Å². The van der Waals surface area contributed by atoms with Gasteiger partial charge in [-0.2, -0.15) is 36.5 Å². The van der Waals surface area contributed by atoms with Crippen molar-refractivity contribution < 1.29 is 98.5 Å². The van der Waals surface area contributed by atoms with Crippen molar-refractivity contribution in [2.45, 2.75) is 74.5 Å². The third kappa shape index (κ3) is 14.5. The van der Waals surface area contributed by atoms with E-state index in [1.807, 2.05) is 4.72 Å². The summed E-state index contributed by atoms with van der Waals surface area (Å²) >= 11 is 11.9. The van der Waals surface area contributed by atoms with Crippen LogP contribution in [0.2, 0.25) is 10.3 Å². The molecule has 0 unspecified atom stereocenters. The van der Waals surface area contributed by atoms with E-state index in [2.05, 4.69) is 38.7 Å². The second-order valence-corrected chi connectivity index (χ2v) is 21.1. The largest absolute Gasteiger partial charge is 0.478 e. The van der Waals surface area contributed by atoms with E-state index < -0.39 is 67.3 Å². The molecule has 34 heteroatoms. The van der Waals surface area contributed by atoms with Crippen molar-refractivity contribution in [1.82, 2.24) is 60.0 Å². The Bertz CT molecular complexity index is 3200. The molecule has 74 heavy (non-hydrogen) atoms. The second-order valence-electron chi connectivity index (χ2n) is 16.2. The Kier molecular flexibility index (Phi) is 20.3. The smallest absolute Gasteiger partial charge is 0.397 e. The minimum absolute atomic E-state index is 0. The number of halogens is 9. The van der Waals surface area contributed by atoms with Gasteiger partial charge in [0.15, 0.2) is 11.6 Å². The molecule has 2 aliphatic rings. The number of nitrogens with one attached hydrogen (secondary N) is 1. The van der Waals surface area contributed by atoms with Crippen LogP contribution in [0.5, 0.6) is 11.8 Å². The van der Waals surface area contributed by atoms with Gasteiger partial charge in [0.25, 0.3) is 25.0 Å². The van der Waals surface area contributed by atoms with E-state index in [9.17, 15) is 52.8 Å². The van der Waals surface area contributed by atoms with Gasteiger partial charge in [-0.3, -0.25) is 14.2 Å². The van der Waals surface area contributed by atoms with Gasteiger partial charge >= 0.3 is 18.3 Å². The summed E-state index contributed by atoms with van der Waals surface area (Å²) < 4.78 is 149. The summed E-state index contributed by atoms with van der Waals surface area (Å²) in [4.78, 5) is 31.3. The Labute approximate surface area is 460 Å². The maximum atomic E-state index is 13.3. The number of aromatic nitrogens is 10. The topological polar surface area (TPSA) is 285 Å². The Balaban J connectivity index is 0.000000323. The number of ether oxygens (including phenoxy) is 2. The summed E-state index contributed by atoms with van der Waals surface area (Å²) in [6.45, 7) is 2.06. The van der Waals surface area contributed by atoms with Crippen LogP contribution in [-0.2, 0) is 33.2 Å². The Morgan fingerprint density at radius 3 is 1.42 bits per heavy atom. The molecule has 0 aromatic carbocycles. The summed E-state index contributed by atoms with van der Waals surface area (Å²) in [5.74, 6) is -1.86. The fraction of sp³-hybridized carbons (Fsp3) is 0.400. The number of aryl methyl sites for hydroxylation is 4. The summed E-state index contributed by atoms with van der Waals surface area (Å²) in [6.07, 6.45) is -2.07. The molecule has 1 amide bonds. The number of sulfonamides is 1. The van der Waals surface area contributed by atoms with E-state index in [0.29, 0.717) is 18.5 Å². The van der Waals surface area contributed by atoms with Gasteiger partial charge in [0.05, 0.1) is 22.5 Å². The van der Waals surface area contributed by atoms with Crippen LogP contribution in [0.3, 0.4) is 0 Å². The molecule has 0 atom stereocenters. The Morgan fingerprint density at radius 2 is 1.12 bits per heavy atom. The van der Waals surface area contributed by atoms with E-state index in [1.54, 1.807) is 21.0 Å². The average molecular weight is 1370 g/mol. The predicted molar refractivity (Wildman–Crippen MR) is 251 cm³/mol. The van der Waals surface area contributed by atoms with Gasteiger partial charge in [-0.1, -0.05) is 36.0 Å². The number of aromatic carboxylic acids is 1. The number of carbonyl (C=O) groups is 2. The summed E-state index contributed by atoms with van der Waals surface area (Å²) in [7, 11) is 4.20. The Morgan fingerprint density at radius 1 is 0.730 bits per heavy atom.